The molecule has 0 saturated heterocycles. The standard InChI is InChI=1S/C25H34N4O2/c1-20(23-11-3-4-12-26-23)27(14-7-19-31-2)15-17-29-18-16-28-13-6-9-21-8-5-10-22(24(21)28)25(29)30/h3-5,8,10-12,20H,6-7,9,13-19H2,1-2H3. The van der Waals surface area contributed by atoms with Crippen molar-refractivity contribution >= 4 is 11.6 Å². The van der Waals surface area contributed by atoms with Gasteiger partial charge in [0, 0.05) is 65.2 Å². The van der Waals surface area contributed by atoms with Crippen LogP contribution in [-0.4, -0.2) is 73.7 Å². The summed E-state index contributed by atoms with van der Waals surface area (Å²) in [5, 5.41) is 0. The molecule has 0 spiro atoms. The van der Waals surface area contributed by atoms with Crippen LogP contribution in [0.5, 0.6) is 0 Å². The monoisotopic (exact) mass is 422 g/mol. The molecule has 2 aliphatic heterocycles. The van der Waals surface area contributed by atoms with Crippen molar-refractivity contribution in [3.05, 3.63) is 59.4 Å². The fourth-order valence-electron chi connectivity index (χ4n) is 4.83. The molecular formula is C25H34N4O2. The first-order chi connectivity index (χ1) is 15.2. The Labute approximate surface area is 185 Å². The summed E-state index contributed by atoms with van der Waals surface area (Å²) in [6, 6.07) is 12.5. The average molecular weight is 423 g/mol. The van der Waals surface area contributed by atoms with E-state index in [-0.39, 0.29) is 11.9 Å². The smallest absolute Gasteiger partial charge is 0.256 e. The summed E-state index contributed by atoms with van der Waals surface area (Å²) in [5.74, 6) is 0.170. The third-order valence-electron chi connectivity index (χ3n) is 6.58. The van der Waals surface area contributed by atoms with Crippen LogP contribution in [0.2, 0.25) is 0 Å². The molecule has 0 saturated carbocycles. The van der Waals surface area contributed by atoms with Gasteiger partial charge in [0.2, 0.25) is 0 Å². The summed E-state index contributed by atoms with van der Waals surface area (Å²) in [6.07, 6.45) is 5.05. The first-order valence-corrected chi connectivity index (χ1v) is 11.5. The molecule has 4 rings (SSSR count). The molecule has 0 fully saturated rings. The molecule has 166 valence electrons. The highest BCUT2D eigenvalue weighted by Gasteiger charge is 2.30. The second-order valence-corrected chi connectivity index (χ2v) is 8.51. The molecule has 0 radical (unpaired) electrons. The van der Waals surface area contributed by atoms with Gasteiger partial charge in [0.25, 0.3) is 5.91 Å². The van der Waals surface area contributed by atoms with Crippen LogP contribution in [0.4, 0.5) is 5.69 Å². The maximum absolute atomic E-state index is 13.4. The topological polar surface area (TPSA) is 48.9 Å². The number of aromatic nitrogens is 1. The third kappa shape index (κ3) is 4.91. The number of nitrogens with zero attached hydrogens (tertiary/aromatic N) is 4. The van der Waals surface area contributed by atoms with Gasteiger partial charge >= 0.3 is 0 Å². The molecule has 0 N–H and O–H groups in total. The van der Waals surface area contributed by atoms with Gasteiger partial charge in [-0.3, -0.25) is 14.7 Å². The number of hydrogen-bond acceptors (Lipinski definition) is 5. The van der Waals surface area contributed by atoms with Gasteiger partial charge in [-0.05, 0) is 49.9 Å². The van der Waals surface area contributed by atoms with Crippen molar-refractivity contribution in [3.63, 3.8) is 0 Å². The highest BCUT2D eigenvalue weighted by molar-refractivity contribution is 6.01. The van der Waals surface area contributed by atoms with E-state index in [4.69, 9.17) is 4.74 Å². The third-order valence-corrected chi connectivity index (χ3v) is 6.58. The summed E-state index contributed by atoms with van der Waals surface area (Å²) < 4.78 is 5.27. The maximum atomic E-state index is 13.4. The van der Waals surface area contributed by atoms with Gasteiger partial charge < -0.3 is 14.5 Å². The molecule has 1 unspecified atom stereocenters. The Bertz CT molecular complexity index is 873. The number of para-hydroxylation sites is 1. The quantitative estimate of drug-likeness (QED) is 0.580. The van der Waals surface area contributed by atoms with E-state index in [2.05, 4.69) is 33.8 Å². The number of amides is 1. The van der Waals surface area contributed by atoms with Gasteiger partial charge in [0.1, 0.15) is 0 Å². The molecule has 0 bridgehead atoms. The Morgan fingerprint density at radius 1 is 1.13 bits per heavy atom. The van der Waals surface area contributed by atoms with Crippen molar-refractivity contribution in [3.8, 4) is 0 Å². The molecule has 0 aliphatic carbocycles. The van der Waals surface area contributed by atoms with Crippen LogP contribution in [0.3, 0.4) is 0 Å². The number of carbonyl (C=O) groups is 1. The van der Waals surface area contributed by atoms with Crippen LogP contribution in [0.1, 0.15) is 47.4 Å². The van der Waals surface area contributed by atoms with Crippen molar-refractivity contribution in [2.45, 2.75) is 32.2 Å². The lowest BCUT2D eigenvalue weighted by Crippen LogP contribution is -2.41. The number of ether oxygens (including phenoxy) is 1. The first-order valence-electron chi connectivity index (χ1n) is 11.5. The zero-order valence-corrected chi connectivity index (χ0v) is 18.8. The normalized spacial score (nSPS) is 16.9. The summed E-state index contributed by atoms with van der Waals surface area (Å²) in [5.41, 5.74) is 4.44. The number of hydrogen-bond donors (Lipinski definition) is 0. The fraction of sp³-hybridized carbons (Fsp3) is 0.520. The lowest BCUT2D eigenvalue weighted by atomic mass is 9.97. The summed E-state index contributed by atoms with van der Waals surface area (Å²) in [7, 11) is 1.74. The van der Waals surface area contributed by atoms with Gasteiger partial charge in [-0.25, -0.2) is 0 Å². The first kappa shape index (κ1) is 21.8. The zero-order valence-electron chi connectivity index (χ0n) is 18.8. The number of aryl methyl sites for hydroxylation is 1. The molecule has 1 amide bonds. The molecular weight excluding hydrogens is 388 g/mol. The molecule has 3 heterocycles. The number of pyridine rings is 1. The minimum Gasteiger partial charge on any atom is -0.385 e. The van der Waals surface area contributed by atoms with Crippen molar-refractivity contribution in [2.75, 3.05) is 57.9 Å². The fourth-order valence-corrected chi connectivity index (χ4v) is 4.83. The zero-order chi connectivity index (χ0) is 21.6. The van der Waals surface area contributed by atoms with Gasteiger partial charge in [0.15, 0.2) is 0 Å². The van der Waals surface area contributed by atoms with Crippen molar-refractivity contribution < 1.29 is 9.53 Å². The Hall–Kier alpha value is -2.44. The molecule has 6 heteroatoms. The summed E-state index contributed by atoms with van der Waals surface area (Å²) in [4.78, 5) is 24.9. The molecule has 31 heavy (non-hydrogen) atoms. The van der Waals surface area contributed by atoms with Crippen LogP contribution < -0.4 is 4.90 Å². The van der Waals surface area contributed by atoms with E-state index in [9.17, 15) is 4.79 Å². The van der Waals surface area contributed by atoms with Crippen molar-refractivity contribution in [1.29, 1.82) is 0 Å². The molecule has 6 nitrogen and oxygen atoms in total. The van der Waals surface area contributed by atoms with Crippen molar-refractivity contribution in [1.82, 2.24) is 14.8 Å². The largest absolute Gasteiger partial charge is 0.385 e. The second-order valence-electron chi connectivity index (χ2n) is 8.51. The molecule has 2 aromatic rings. The number of anilines is 1. The van der Waals surface area contributed by atoms with E-state index >= 15 is 0 Å². The van der Waals surface area contributed by atoms with Gasteiger partial charge in [0.05, 0.1) is 16.9 Å². The van der Waals surface area contributed by atoms with Crippen molar-refractivity contribution in [2.24, 2.45) is 0 Å². The predicted molar refractivity (Wildman–Crippen MR) is 124 cm³/mol. The predicted octanol–water partition coefficient (Wildman–Crippen LogP) is 3.39. The average Bonchev–Trinajstić information content (AvgIpc) is 2.95. The highest BCUT2D eigenvalue weighted by atomic mass is 16.5. The molecule has 1 aromatic heterocycles. The number of rotatable bonds is 9. The Kier molecular flexibility index (Phi) is 7.20. The Morgan fingerprint density at radius 2 is 2.03 bits per heavy atom. The van der Waals surface area contributed by atoms with Crippen LogP contribution in [0.15, 0.2) is 42.6 Å². The van der Waals surface area contributed by atoms with E-state index in [0.29, 0.717) is 0 Å². The summed E-state index contributed by atoms with van der Waals surface area (Å²) in [6.45, 7) is 8.13. The number of benzene rings is 1. The van der Waals surface area contributed by atoms with Gasteiger partial charge in [-0.1, -0.05) is 18.2 Å². The minimum absolute atomic E-state index is 0.170. The minimum atomic E-state index is 0.170. The van der Waals surface area contributed by atoms with E-state index < -0.39 is 0 Å². The van der Waals surface area contributed by atoms with Gasteiger partial charge in [-0.2, -0.15) is 0 Å². The SMILES string of the molecule is COCCCN(CCN1CCN2CCCc3cccc(c32)C1=O)C(C)c1ccccn1. The molecule has 2 aliphatic rings. The van der Waals surface area contributed by atoms with Crippen LogP contribution in [0, 0.1) is 0 Å². The number of carbonyl (C=O) groups excluding carboxylic acids is 1. The van der Waals surface area contributed by atoms with E-state index in [1.54, 1.807) is 7.11 Å². The lowest BCUT2D eigenvalue weighted by Gasteiger charge is -2.32. The van der Waals surface area contributed by atoms with Crippen LogP contribution in [0.25, 0.3) is 0 Å². The molecule has 1 atom stereocenters. The Balaban J connectivity index is 1.48. The van der Waals surface area contributed by atoms with Crippen LogP contribution >= 0.6 is 0 Å². The maximum Gasteiger partial charge on any atom is 0.256 e. The van der Waals surface area contributed by atoms with E-state index in [0.717, 1.165) is 70.0 Å². The number of methoxy groups -OCH3 is 1. The van der Waals surface area contributed by atoms with E-state index in [1.165, 1.54) is 17.7 Å². The Morgan fingerprint density at radius 3 is 2.84 bits per heavy atom. The van der Waals surface area contributed by atoms with E-state index in [1.807, 2.05) is 35.4 Å². The molecule has 1 aromatic carbocycles. The van der Waals surface area contributed by atoms with Gasteiger partial charge in [-0.15, -0.1) is 0 Å². The highest BCUT2D eigenvalue weighted by Crippen LogP contribution is 2.33. The van der Waals surface area contributed by atoms with Crippen LogP contribution in [-0.2, 0) is 11.2 Å². The second kappa shape index (κ2) is 10.2. The summed E-state index contributed by atoms with van der Waals surface area (Å²) >= 11 is 0. The lowest BCUT2D eigenvalue weighted by molar-refractivity contribution is 0.0726.